The lowest BCUT2D eigenvalue weighted by Gasteiger charge is -2.14. The summed E-state index contributed by atoms with van der Waals surface area (Å²) in [5.41, 5.74) is 2.44. The first-order valence-corrected chi connectivity index (χ1v) is 7.48. The Morgan fingerprint density at radius 2 is 1.92 bits per heavy atom. The molecule has 0 aromatic heterocycles. The van der Waals surface area contributed by atoms with Gasteiger partial charge in [0, 0.05) is 18.2 Å². The first-order valence-electron chi connectivity index (χ1n) is 7.48. The summed E-state index contributed by atoms with van der Waals surface area (Å²) in [4.78, 5) is 12.1. The van der Waals surface area contributed by atoms with Crippen molar-refractivity contribution in [2.45, 2.75) is 20.0 Å². The molecule has 0 radical (unpaired) electrons. The molecule has 1 atom stereocenters. The van der Waals surface area contributed by atoms with Crippen molar-refractivity contribution in [2.24, 2.45) is 0 Å². The van der Waals surface area contributed by atoms with Crippen LogP contribution in [0.2, 0.25) is 0 Å². The Kier molecular flexibility index (Phi) is 5.87. The normalized spacial score (nSPS) is 11.9. The Hall–Kier alpha value is -2.47. The molecule has 4 nitrogen and oxygen atoms in total. The van der Waals surface area contributed by atoms with E-state index in [0.717, 1.165) is 23.3 Å². The zero-order valence-corrected chi connectivity index (χ0v) is 13.5. The molecule has 24 heavy (non-hydrogen) atoms. The van der Waals surface area contributed by atoms with Crippen molar-refractivity contribution >= 4 is 5.91 Å². The number of amides is 1. The average molecular weight is 335 g/mol. The summed E-state index contributed by atoms with van der Waals surface area (Å²) in [6.07, 6.45) is -0.979. The summed E-state index contributed by atoms with van der Waals surface area (Å²) in [5, 5.41) is 12.4. The van der Waals surface area contributed by atoms with Gasteiger partial charge in [-0.3, -0.25) is 4.79 Å². The number of rotatable bonds is 6. The minimum absolute atomic E-state index is 0.0180. The second-order valence-electron chi connectivity index (χ2n) is 5.57. The second kappa shape index (κ2) is 7.88. The van der Waals surface area contributed by atoms with E-state index >= 15 is 0 Å². The van der Waals surface area contributed by atoms with Crippen molar-refractivity contribution in [1.82, 2.24) is 5.32 Å². The number of hydrogen-bond donors (Lipinski definition) is 2. The number of carbonyl (C=O) groups is 1. The number of aliphatic hydroxyl groups is 1. The van der Waals surface area contributed by atoms with Gasteiger partial charge in [-0.25, -0.2) is 8.78 Å². The van der Waals surface area contributed by atoms with Crippen LogP contribution in [-0.2, 0) is 0 Å². The van der Waals surface area contributed by atoms with Crippen LogP contribution in [0.3, 0.4) is 0 Å². The second-order valence-corrected chi connectivity index (χ2v) is 5.57. The molecule has 1 unspecified atom stereocenters. The van der Waals surface area contributed by atoms with Crippen LogP contribution in [0.4, 0.5) is 8.78 Å². The molecule has 0 saturated heterocycles. The number of nitrogens with one attached hydrogen (secondary N) is 1. The summed E-state index contributed by atoms with van der Waals surface area (Å²) < 4.78 is 31.0. The van der Waals surface area contributed by atoms with Gasteiger partial charge in [-0.1, -0.05) is 17.7 Å². The number of benzene rings is 2. The summed E-state index contributed by atoms with van der Waals surface area (Å²) in [7, 11) is 0. The van der Waals surface area contributed by atoms with E-state index in [-0.39, 0.29) is 24.8 Å². The zero-order chi connectivity index (χ0) is 17.7. The fourth-order valence-electron chi connectivity index (χ4n) is 2.19. The molecule has 0 bridgehead atoms. The van der Waals surface area contributed by atoms with Crippen molar-refractivity contribution in [3.05, 3.63) is 64.7 Å². The van der Waals surface area contributed by atoms with Gasteiger partial charge in [0.05, 0.1) is 0 Å². The van der Waals surface area contributed by atoms with Crippen LogP contribution in [0.25, 0.3) is 0 Å². The van der Waals surface area contributed by atoms with Crippen molar-refractivity contribution < 1.29 is 23.4 Å². The molecule has 2 aromatic rings. The van der Waals surface area contributed by atoms with Crippen LogP contribution < -0.4 is 10.1 Å². The van der Waals surface area contributed by atoms with Gasteiger partial charge in [-0.05, 0) is 37.6 Å². The highest BCUT2D eigenvalue weighted by Gasteiger charge is 2.12. The molecule has 0 aliphatic rings. The summed E-state index contributed by atoms with van der Waals surface area (Å²) in [6, 6.07) is 8.57. The van der Waals surface area contributed by atoms with Crippen LogP contribution >= 0.6 is 0 Å². The van der Waals surface area contributed by atoms with Gasteiger partial charge in [0.2, 0.25) is 0 Å². The van der Waals surface area contributed by atoms with E-state index in [4.69, 9.17) is 4.74 Å². The van der Waals surface area contributed by atoms with Gasteiger partial charge in [-0.2, -0.15) is 0 Å². The highest BCUT2D eigenvalue weighted by Crippen LogP contribution is 2.15. The standard InChI is InChI=1S/C18H19F2NO3/c1-11-3-5-15(12(2)7-11)18(23)21-9-13(22)10-24-14-4-6-16(19)17(20)8-14/h3-8,13,22H,9-10H2,1-2H3,(H,21,23). The molecule has 0 heterocycles. The molecule has 0 aliphatic carbocycles. The smallest absolute Gasteiger partial charge is 0.251 e. The molecular formula is C18H19F2NO3. The zero-order valence-electron chi connectivity index (χ0n) is 13.5. The van der Waals surface area contributed by atoms with Gasteiger partial charge in [0.1, 0.15) is 18.5 Å². The first kappa shape index (κ1) is 17.9. The number of aryl methyl sites for hydroxylation is 2. The quantitative estimate of drug-likeness (QED) is 0.853. The first-order chi connectivity index (χ1) is 11.4. The van der Waals surface area contributed by atoms with Gasteiger partial charge in [-0.15, -0.1) is 0 Å². The van der Waals surface area contributed by atoms with E-state index in [0.29, 0.717) is 5.56 Å². The Morgan fingerprint density at radius 1 is 1.17 bits per heavy atom. The number of halogens is 2. The lowest BCUT2D eigenvalue weighted by Crippen LogP contribution is -2.35. The predicted octanol–water partition coefficient (Wildman–Crippen LogP) is 2.75. The lowest BCUT2D eigenvalue weighted by molar-refractivity contribution is 0.0842. The van der Waals surface area contributed by atoms with Crippen molar-refractivity contribution in [2.75, 3.05) is 13.2 Å². The molecule has 0 saturated carbocycles. The third kappa shape index (κ3) is 4.76. The van der Waals surface area contributed by atoms with Crippen LogP contribution in [0.1, 0.15) is 21.5 Å². The molecule has 2 rings (SSSR count). The maximum Gasteiger partial charge on any atom is 0.251 e. The van der Waals surface area contributed by atoms with Crippen LogP contribution in [0.15, 0.2) is 36.4 Å². The van der Waals surface area contributed by atoms with E-state index in [2.05, 4.69) is 5.32 Å². The van der Waals surface area contributed by atoms with Gasteiger partial charge in [0.25, 0.3) is 5.91 Å². The molecule has 6 heteroatoms. The number of hydrogen-bond acceptors (Lipinski definition) is 3. The SMILES string of the molecule is Cc1ccc(C(=O)NCC(O)COc2ccc(F)c(F)c2)c(C)c1. The summed E-state index contributed by atoms with van der Waals surface area (Å²) >= 11 is 0. The monoisotopic (exact) mass is 335 g/mol. The Morgan fingerprint density at radius 3 is 2.58 bits per heavy atom. The van der Waals surface area contributed by atoms with E-state index in [1.54, 1.807) is 6.07 Å². The fourth-order valence-corrected chi connectivity index (χ4v) is 2.19. The van der Waals surface area contributed by atoms with Crippen LogP contribution in [-0.4, -0.2) is 30.3 Å². The third-order valence-electron chi connectivity index (χ3n) is 3.46. The topological polar surface area (TPSA) is 58.6 Å². The predicted molar refractivity (Wildman–Crippen MR) is 86.1 cm³/mol. The third-order valence-corrected chi connectivity index (χ3v) is 3.46. The molecule has 1 amide bonds. The number of carbonyl (C=O) groups excluding carboxylic acids is 1. The molecule has 0 spiro atoms. The summed E-state index contributed by atoms with van der Waals surface area (Å²) in [5.74, 6) is -2.18. The Labute approximate surface area is 139 Å². The van der Waals surface area contributed by atoms with E-state index in [1.165, 1.54) is 6.07 Å². The Balaban J connectivity index is 1.83. The molecule has 128 valence electrons. The maximum atomic E-state index is 13.0. The molecule has 0 fully saturated rings. The summed E-state index contributed by atoms with van der Waals surface area (Å²) in [6.45, 7) is 3.60. The number of aliphatic hydroxyl groups excluding tert-OH is 1. The van der Waals surface area contributed by atoms with Gasteiger partial charge < -0.3 is 15.2 Å². The van der Waals surface area contributed by atoms with Crippen LogP contribution in [0.5, 0.6) is 5.75 Å². The minimum Gasteiger partial charge on any atom is -0.491 e. The van der Waals surface area contributed by atoms with Crippen molar-refractivity contribution in [1.29, 1.82) is 0 Å². The molecular weight excluding hydrogens is 316 g/mol. The van der Waals surface area contributed by atoms with Gasteiger partial charge >= 0.3 is 0 Å². The van der Waals surface area contributed by atoms with Crippen molar-refractivity contribution in [3.8, 4) is 5.75 Å². The lowest BCUT2D eigenvalue weighted by atomic mass is 10.1. The maximum absolute atomic E-state index is 13.0. The Bertz CT molecular complexity index is 734. The van der Waals surface area contributed by atoms with Crippen molar-refractivity contribution in [3.63, 3.8) is 0 Å². The molecule has 0 aliphatic heterocycles. The van der Waals surface area contributed by atoms with Crippen LogP contribution in [0, 0.1) is 25.5 Å². The van der Waals surface area contributed by atoms with E-state index in [9.17, 15) is 18.7 Å². The molecule has 2 aromatic carbocycles. The number of ether oxygens (including phenoxy) is 1. The minimum atomic E-state index is -1.02. The molecule has 2 N–H and O–H groups in total. The average Bonchev–Trinajstić information content (AvgIpc) is 2.53. The van der Waals surface area contributed by atoms with E-state index in [1.807, 2.05) is 26.0 Å². The largest absolute Gasteiger partial charge is 0.491 e. The fraction of sp³-hybridized carbons (Fsp3) is 0.278. The highest BCUT2D eigenvalue weighted by atomic mass is 19.2. The van der Waals surface area contributed by atoms with Gasteiger partial charge in [0.15, 0.2) is 11.6 Å². The highest BCUT2D eigenvalue weighted by molar-refractivity contribution is 5.95. The van der Waals surface area contributed by atoms with E-state index < -0.39 is 17.7 Å².